The van der Waals surface area contributed by atoms with E-state index in [1.165, 1.54) is 19.1 Å². The first-order valence-corrected chi connectivity index (χ1v) is 4.37. The SMILES string of the molecule is CC(O)(CN)c1ccc(C(F)(F)F)cc1. The second-order valence-electron chi connectivity index (χ2n) is 3.55. The lowest BCUT2D eigenvalue weighted by molar-refractivity contribution is -0.137. The van der Waals surface area contributed by atoms with Crippen LogP contribution < -0.4 is 5.73 Å². The maximum absolute atomic E-state index is 12.2. The molecule has 0 aromatic heterocycles. The molecule has 0 spiro atoms. The van der Waals surface area contributed by atoms with Gasteiger partial charge >= 0.3 is 6.18 Å². The van der Waals surface area contributed by atoms with Crippen molar-refractivity contribution >= 4 is 0 Å². The smallest absolute Gasteiger partial charge is 0.384 e. The first-order chi connectivity index (χ1) is 6.77. The fourth-order valence-electron chi connectivity index (χ4n) is 1.14. The van der Waals surface area contributed by atoms with Crippen molar-refractivity contribution in [2.75, 3.05) is 6.54 Å². The number of nitrogens with two attached hydrogens (primary N) is 1. The minimum Gasteiger partial charge on any atom is -0.384 e. The predicted molar refractivity (Wildman–Crippen MR) is 50.1 cm³/mol. The summed E-state index contributed by atoms with van der Waals surface area (Å²) in [5.41, 5.74) is 3.64. The summed E-state index contributed by atoms with van der Waals surface area (Å²) in [6.07, 6.45) is -4.35. The Bertz CT molecular complexity index is 330. The molecule has 0 saturated carbocycles. The van der Waals surface area contributed by atoms with Crippen molar-refractivity contribution in [2.45, 2.75) is 18.7 Å². The highest BCUT2D eigenvalue weighted by molar-refractivity contribution is 5.28. The number of alkyl halides is 3. The van der Waals surface area contributed by atoms with Crippen molar-refractivity contribution in [3.8, 4) is 0 Å². The molecule has 15 heavy (non-hydrogen) atoms. The lowest BCUT2D eigenvalue weighted by Crippen LogP contribution is -2.31. The number of hydrogen-bond acceptors (Lipinski definition) is 2. The molecule has 0 aliphatic rings. The van der Waals surface area contributed by atoms with Gasteiger partial charge in [0.1, 0.15) is 0 Å². The molecule has 0 bridgehead atoms. The summed E-state index contributed by atoms with van der Waals surface area (Å²) in [6.45, 7) is 1.41. The third kappa shape index (κ3) is 2.70. The minimum absolute atomic E-state index is 0.0433. The highest BCUT2D eigenvalue weighted by Gasteiger charge is 2.31. The van der Waals surface area contributed by atoms with E-state index in [1.807, 2.05) is 0 Å². The van der Waals surface area contributed by atoms with Crippen LogP contribution in [0.4, 0.5) is 13.2 Å². The van der Waals surface area contributed by atoms with E-state index in [0.717, 1.165) is 12.1 Å². The number of rotatable bonds is 2. The number of halogens is 3. The van der Waals surface area contributed by atoms with Crippen LogP contribution in [0.1, 0.15) is 18.1 Å². The second-order valence-corrected chi connectivity index (χ2v) is 3.55. The van der Waals surface area contributed by atoms with Gasteiger partial charge in [-0.25, -0.2) is 0 Å². The molecular formula is C10H12F3NO. The van der Waals surface area contributed by atoms with Gasteiger partial charge in [0.2, 0.25) is 0 Å². The van der Waals surface area contributed by atoms with Gasteiger partial charge in [-0.2, -0.15) is 13.2 Å². The van der Waals surface area contributed by atoms with E-state index in [-0.39, 0.29) is 6.54 Å². The largest absolute Gasteiger partial charge is 0.416 e. The summed E-state index contributed by atoms with van der Waals surface area (Å²) in [7, 11) is 0. The van der Waals surface area contributed by atoms with E-state index in [1.54, 1.807) is 0 Å². The van der Waals surface area contributed by atoms with E-state index in [0.29, 0.717) is 5.56 Å². The number of benzene rings is 1. The normalized spacial score (nSPS) is 16.1. The van der Waals surface area contributed by atoms with Crippen molar-refractivity contribution in [1.82, 2.24) is 0 Å². The van der Waals surface area contributed by atoms with Crippen molar-refractivity contribution < 1.29 is 18.3 Å². The van der Waals surface area contributed by atoms with Crippen LogP contribution in [0.5, 0.6) is 0 Å². The summed E-state index contributed by atoms with van der Waals surface area (Å²) in [5, 5.41) is 9.68. The van der Waals surface area contributed by atoms with Crippen LogP contribution in [0.2, 0.25) is 0 Å². The minimum atomic E-state index is -4.35. The second kappa shape index (κ2) is 3.83. The van der Waals surface area contributed by atoms with Crippen molar-refractivity contribution in [1.29, 1.82) is 0 Å². The summed E-state index contributed by atoms with van der Waals surface area (Å²) >= 11 is 0. The molecule has 2 nitrogen and oxygen atoms in total. The van der Waals surface area contributed by atoms with Crippen LogP contribution in [0.15, 0.2) is 24.3 Å². The monoisotopic (exact) mass is 219 g/mol. The summed E-state index contributed by atoms with van der Waals surface area (Å²) < 4.78 is 36.6. The highest BCUT2D eigenvalue weighted by Crippen LogP contribution is 2.30. The lowest BCUT2D eigenvalue weighted by atomic mass is 9.95. The van der Waals surface area contributed by atoms with Gasteiger partial charge in [0.15, 0.2) is 0 Å². The lowest BCUT2D eigenvalue weighted by Gasteiger charge is -2.21. The van der Waals surface area contributed by atoms with Crippen LogP contribution in [0.25, 0.3) is 0 Å². The fourth-order valence-corrected chi connectivity index (χ4v) is 1.14. The maximum atomic E-state index is 12.2. The predicted octanol–water partition coefficient (Wildman–Crippen LogP) is 1.87. The van der Waals surface area contributed by atoms with Crippen molar-refractivity contribution in [2.24, 2.45) is 5.73 Å². The highest BCUT2D eigenvalue weighted by atomic mass is 19.4. The first kappa shape index (κ1) is 12.0. The molecular weight excluding hydrogens is 207 g/mol. The quantitative estimate of drug-likeness (QED) is 0.797. The molecule has 84 valence electrons. The molecule has 0 aliphatic heterocycles. The summed E-state index contributed by atoms with van der Waals surface area (Å²) in [4.78, 5) is 0. The molecule has 1 unspecified atom stereocenters. The molecule has 0 amide bonds. The van der Waals surface area contributed by atoms with Gasteiger partial charge in [-0.1, -0.05) is 12.1 Å². The molecule has 0 fully saturated rings. The summed E-state index contributed by atoms with van der Waals surface area (Å²) in [6, 6.07) is 4.32. The van der Waals surface area contributed by atoms with E-state index in [2.05, 4.69) is 0 Å². The van der Waals surface area contributed by atoms with Crippen LogP contribution in [0.3, 0.4) is 0 Å². The number of aliphatic hydroxyl groups is 1. The van der Waals surface area contributed by atoms with Gasteiger partial charge in [0.05, 0.1) is 11.2 Å². The van der Waals surface area contributed by atoms with E-state index < -0.39 is 17.3 Å². The van der Waals surface area contributed by atoms with Gasteiger partial charge in [0.25, 0.3) is 0 Å². The van der Waals surface area contributed by atoms with Gasteiger partial charge in [0, 0.05) is 6.54 Å². The topological polar surface area (TPSA) is 46.2 Å². The zero-order valence-electron chi connectivity index (χ0n) is 8.17. The van der Waals surface area contributed by atoms with Crippen molar-refractivity contribution in [3.63, 3.8) is 0 Å². The van der Waals surface area contributed by atoms with Crippen LogP contribution in [0, 0.1) is 0 Å². The van der Waals surface area contributed by atoms with Crippen LogP contribution >= 0.6 is 0 Å². The zero-order valence-corrected chi connectivity index (χ0v) is 8.17. The standard InChI is InChI=1S/C10H12F3NO/c1-9(15,6-14)7-2-4-8(5-3-7)10(11,12)13/h2-5,15H,6,14H2,1H3. The van der Waals surface area contributed by atoms with Gasteiger partial charge < -0.3 is 10.8 Å². The Labute approximate surface area is 85.5 Å². The molecule has 0 heterocycles. The average Bonchev–Trinajstić information content (AvgIpc) is 2.17. The molecule has 5 heteroatoms. The molecule has 0 radical (unpaired) electrons. The third-order valence-electron chi connectivity index (χ3n) is 2.23. The third-order valence-corrected chi connectivity index (χ3v) is 2.23. The Kier molecular flexibility index (Phi) is 3.06. The Balaban J connectivity index is 3.01. The Morgan fingerprint density at radius 2 is 1.53 bits per heavy atom. The molecule has 3 N–H and O–H groups in total. The Morgan fingerprint density at radius 3 is 1.87 bits per heavy atom. The van der Waals surface area contributed by atoms with Crippen LogP contribution in [-0.2, 0) is 11.8 Å². The van der Waals surface area contributed by atoms with E-state index in [4.69, 9.17) is 5.73 Å². The Morgan fingerprint density at radius 1 is 1.13 bits per heavy atom. The molecule has 1 aromatic rings. The molecule has 1 aromatic carbocycles. The van der Waals surface area contributed by atoms with E-state index >= 15 is 0 Å². The van der Waals surface area contributed by atoms with Crippen LogP contribution in [-0.4, -0.2) is 11.7 Å². The fraction of sp³-hybridized carbons (Fsp3) is 0.400. The number of hydrogen-bond donors (Lipinski definition) is 2. The first-order valence-electron chi connectivity index (χ1n) is 4.37. The molecule has 0 saturated heterocycles. The Hall–Kier alpha value is -1.07. The van der Waals surface area contributed by atoms with E-state index in [9.17, 15) is 18.3 Å². The maximum Gasteiger partial charge on any atom is 0.416 e. The van der Waals surface area contributed by atoms with Gasteiger partial charge in [-0.05, 0) is 24.6 Å². The molecule has 0 aliphatic carbocycles. The molecule has 1 atom stereocenters. The van der Waals surface area contributed by atoms with Gasteiger partial charge in [-0.3, -0.25) is 0 Å². The average molecular weight is 219 g/mol. The zero-order chi connectivity index (χ0) is 11.7. The molecule has 1 rings (SSSR count). The summed E-state index contributed by atoms with van der Waals surface area (Å²) in [5.74, 6) is 0. The van der Waals surface area contributed by atoms with Crippen molar-refractivity contribution in [3.05, 3.63) is 35.4 Å². The van der Waals surface area contributed by atoms with Gasteiger partial charge in [-0.15, -0.1) is 0 Å².